The molecule has 122 valence electrons. The number of allylic oxidation sites excluding steroid dienone is 2. The van der Waals surface area contributed by atoms with E-state index in [2.05, 4.69) is 43.2 Å². The highest BCUT2D eigenvalue weighted by Gasteiger charge is 2.13. The van der Waals surface area contributed by atoms with Crippen LogP contribution in [0.15, 0.2) is 60.1 Å². The van der Waals surface area contributed by atoms with Gasteiger partial charge in [-0.05, 0) is 41.3 Å². The van der Waals surface area contributed by atoms with E-state index in [4.69, 9.17) is 0 Å². The van der Waals surface area contributed by atoms with Gasteiger partial charge in [0.1, 0.15) is 0 Å². The Morgan fingerprint density at radius 2 is 2.12 bits per heavy atom. The Bertz CT molecular complexity index is 998. The van der Waals surface area contributed by atoms with Crippen LogP contribution in [0.5, 0.6) is 0 Å². The molecule has 2 nitrogen and oxygen atoms in total. The number of hydrogen-bond donors (Lipinski definition) is 2. The third-order valence-corrected chi connectivity index (χ3v) is 4.70. The molecule has 0 saturated carbocycles. The largest absolute Gasteiger partial charge is 0.360 e. The number of rotatable bonds is 5. The van der Waals surface area contributed by atoms with E-state index in [0.29, 0.717) is 10.5 Å². The lowest BCUT2D eigenvalue weighted by Gasteiger charge is -2.11. The van der Waals surface area contributed by atoms with Crippen molar-refractivity contribution in [1.82, 2.24) is 4.98 Å². The fourth-order valence-corrected chi connectivity index (χ4v) is 3.38. The molecule has 3 rings (SSSR count). The van der Waals surface area contributed by atoms with Crippen molar-refractivity contribution in [2.24, 2.45) is 0 Å². The van der Waals surface area contributed by atoms with E-state index in [0.717, 1.165) is 40.9 Å². The van der Waals surface area contributed by atoms with Gasteiger partial charge in [-0.25, -0.2) is 0 Å². The number of fused-ring (bicyclic) bond motifs is 3. The molecule has 1 heterocycles. The van der Waals surface area contributed by atoms with Crippen molar-refractivity contribution in [1.29, 1.82) is 0 Å². The van der Waals surface area contributed by atoms with E-state index in [1.807, 2.05) is 18.2 Å². The number of aryl methyl sites for hydroxylation is 1. The molecule has 0 aliphatic heterocycles. The molecule has 0 unspecified atom stereocenters. The lowest BCUT2D eigenvalue weighted by molar-refractivity contribution is 0.798. The first kappa shape index (κ1) is 16.6. The van der Waals surface area contributed by atoms with Crippen molar-refractivity contribution in [3.63, 3.8) is 0 Å². The second-order valence-electron chi connectivity index (χ2n) is 5.93. The molecule has 0 fully saturated rings. The van der Waals surface area contributed by atoms with Gasteiger partial charge in [-0.3, -0.25) is 4.79 Å². The molecular formula is C21H21NOS. The van der Waals surface area contributed by atoms with Crippen molar-refractivity contribution >= 4 is 39.2 Å². The van der Waals surface area contributed by atoms with Crippen LogP contribution in [0.2, 0.25) is 0 Å². The summed E-state index contributed by atoms with van der Waals surface area (Å²) in [6.45, 7) is 5.86. The summed E-state index contributed by atoms with van der Waals surface area (Å²) in [5.74, 6) is 0. The number of unbranched alkanes of at least 4 members (excludes halogenated alkanes) is 1. The number of thiol groups is 1. The number of nitrogens with one attached hydrogen (secondary N) is 1. The van der Waals surface area contributed by atoms with Crippen LogP contribution in [-0.4, -0.2) is 4.98 Å². The second-order valence-corrected chi connectivity index (χ2v) is 6.41. The van der Waals surface area contributed by atoms with Gasteiger partial charge in [0, 0.05) is 11.1 Å². The monoisotopic (exact) mass is 335 g/mol. The van der Waals surface area contributed by atoms with Crippen LogP contribution in [0, 0.1) is 0 Å². The van der Waals surface area contributed by atoms with E-state index in [1.54, 1.807) is 18.3 Å². The summed E-state index contributed by atoms with van der Waals surface area (Å²) in [6, 6.07) is 10.3. The Morgan fingerprint density at radius 3 is 2.88 bits per heavy atom. The lowest BCUT2D eigenvalue weighted by atomic mass is 9.96. The number of H-pyrrole nitrogens is 1. The Balaban J connectivity index is 2.40. The standard InChI is InChI=1S/C21H21NOS/c1-3-5-9-15-12-14-10-6-7-11-16(14)19-20(15)22-13-17(21(19)23)18(24)8-4-2/h4,6-8,10-13,24H,2-3,5,9H2,1H3,(H,22,23)/b18-8-. The topological polar surface area (TPSA) is 32.9 Å². The zero-order chi connectivity index (χ0) is 17.1. The van der Waals surface area contributed by atoms with Gasteiger partial charge in [0.15, 0.2) is 5.43 Å². The average molecular weight is 335 g/mol. The minimum Gasteiger partial charge on any atom is -0.360 e. The van der Waals surface area contributed by atoms with Crippen molar-refractivity contribution in [2.45, 2.75) is 26.2 Å². The molecule has 0 saturated heterocycles. The summed E-state index contributed by atoms with van der Waals surface area (Å²) in [5, 5.41) is 2.84. The fourth-order valence-electron chi connectivity index (χ4n) is 3.11. The molecule has 0 bridgehead atoms. The van der Waals surface area contributed by atoms with E-state index in [-0.39, 0.29) is 5.43 Å². The third kappa shape index (κ3) is 2.92. The summed E-state index contributed by atoms with van der Waals surface area (Å²) in [6.07, 6.45) is 8.33. The molecule has 0 spiro atoms. The van der Waals surface area contributed by atoms with E-state index in [9.17, 15) is 4.79 Å². The minimum atomic E-state index is 0.0152. The Morgan fingerprint density at radius 1 is 1.33 bits per heavy atom. The average Bonchev–Trinajstić information content (AvgIpc) is 2.59. The maximum absolute atomic E-state index is 13.1. The second kappa shape index (κ2) is 7.10. The first-order chi connectivity index (χ1) is 11.7. The zero-order valence-electron chi connectivity index (χ0n) is 13.8. The van der Waals surface area contributed by atoms with Gasteiger partial charge in [0.25, 0.3) is 0 Å². The van der Waals surface area contributed by atoms with E-state index in [1.165, 1.54) is 5.56 Å². The number of hydrogen-bond acceptors (Lipinski definition) is 2. The van der Waals surface area contributed by atoms with Gasteiger partial charge >= 0.3 is 0 Å². The van der Waals surface area contributed by atoms with Crippen molar-refractivity contribution in [3.8, 4) is 0 Å². The number of pyridine rings is 1. The van der Waals surface area contributed by atoms with Crippen molar-refractivity contribution < 1.29 is 0 Å². The van der Waals surface area contributed by atoms with Crippen LogP contribution in [0.3, 0.4) is 0 Å². The molecule has 3 heteroatoms. The van der Waals surface area contributed by atoms with Gasteiger partial charge in [-0.2, -0.15) is 0 Å². The predicted molar refractivity (Wildman–Crippen MR) is 108 cm³/mol. The molecule has 0 aliphatic rings. The summed E-state index contributed by atoms with van der Waals surface area (Å²) >= 11 is 4.44. The lowest BCUT2D eigenvalue weighted by Crippen LogP contribution is -2.10. The van der Waals surface area contributed by atoms with Crippen LogP contribution in [0.1, 0.15) is 30.9 Å². The maximum atomic E-state index is 13.1. The van der Waals surface area contributed by atoms with Gasteiger partial charge < -0.3 is 4.98 Å². The highest BCUT2D eigenvalue weighted by molar-refractivity contribution is 7.90. The number of aromatic amines is 1. The van der Waals surface area contributed by atoms with Gasteiger partial charge in [-0.15, -0.1) is 12.6 Å². The fraction of sp³-hybridized carbons (Fsp3) is 0.190. The van der Waals surface area contributed by atoms with Gasteiger partial charge in [-0.1, -0.05) is 50.3 Å². The molecule has 1 N–H and O–H groups in total. The molecule has 0 radical (unpaired) electrons. The molecule has 3 aromatic rings. The van der Waals surface area contributed by atoms with Crippen LogP contribution in [0.4, 0.5) is 0 Å². The molecular weight excluding hydrogens is 314 g/mol. The third-order valence-electron chi connectivity index (χ3n) is 4.31. The summed E-state index contributed by atoms with van der Waals surface area (Å²) in [5.41, 5.74) is 2.73. The SMILES string of the molecule is C=C/C=C(\S)c1c[nH]c2c(CCCC)cc3ccccc3c2c1=O. The van der Waals surface area contributed by atoms with Crippen molar-refractivity contribution in [3.05, 3.63) is 76.6 Å². The quantitative estimate of drug-likeness (QED) is 0.361. The molecule has 1 aromatic heterocycles. The van der Waals surface area contributed by atoms with Crippen molar-refractivity contribution in [2.75, 3.05) is 0 Å². The Hall–Kier alpha value is -2.26. The van der Waals surface area contributed by atoms with Crippen LogP contribution < -0.4 is 5.43 Å². The Kier molecular flexibility index (Phi) is 4.91. The summed E-state index contributed by atoms with van der Waals surface area (Å²) < 4.78 is 0. The zero-order valence-corrected chi connectivity index (χ0v) is 14.7. The summed E-state index contributed by atoms with van der Waals surface area (Å²) in [4.78, 5) is 17.1. The first-order valence-corrected chi connectivity index (χ1v) is 8.70. The molecule has 0 atom stereocenters. The smallest absolute Gasteiger partial charge is 0.198 e. The summed E-state index contributed by atoms with van der Waals surface area (Å²) in [7, 11) is 0. The normalized spacial score (nSPS) is 12.0. The molecule has 0 amide bonds. The van der Waals surface area contributed by atoms with Crippen LogP contribution >= 0.6 is 12.6 Å². The maximum Gasteiger partial charge on any atom is 0.198 e. The first-order valence-electron chi connectivity index (χ1n) is 8.25. The molecule has 2 aromatic carbocycles. The highest BCUT2D eigenvalue weighted by Crippen LogP contribution is 2.28. The van der Waals surface area contributed by atoms with Crippen LogP contribution in [-0.2, 0) is 6.42 Å². The van der Waals surface area contributed by atoms with Gasteiger partial charge in [0.05, 0.1) is 16.5 Å². The predicted octanol–water partition coefficient (Wildman–Crippen LogP) is 5.48. The molecule has 0 aliphatic carbocycles. The van der Waals surface area contributed by atoms with E-state index >= 15 is 0 Å². The molecule has 24 heavy (non-hydrogen) atoms. The van der Waals surface area contributed by atoms with Gasteiger partial charge in [0.2, 0.25) is 0 Å². The number of aromatic nitrogens is 1. The highest BCUT2D eigenvalue weighted by atomic mass is 32.1. The minimum absolute atomic E-state index is 0.0152. The Labute approximate surface area is 147 Å². The number of benzene rings is 2. The van der Waals surface area contributed by atoms with E-state index < -0.39 is 0 Å². The van der Waals surface area contributed by atoms with Crippen LogP contribution in [0.25, 0.3) is 26.6 Å².